The molecule has 2 unspecified atom stereocenters. The molecular formula is C17H23N3O. The van der Waals surface area contributed by atoms with Gasteiger partial charge in [0, 0.05) is 25.2 Å². The predicted molar refractivity (Wildman–Crippen MR) is 83.6 cm³/mol. The Morgan fingerprint density at radius 2 is 2.24 bits per heavy atom. The normalized spacial score (nSPS) is 18.3. The lowest BCUT2D eigenvalue weighted by molar-refractivity contribution is 0.178. The summed E-state index contributed by atoms with van der Waals surface area (Å²) in [5, 5.41) is 7.94. The van der Waals surface area contributed by atoms with Gasteiger partial charge in [0.05, 0.1) is 6.20 Å². The Labute approximate surface area is 126 Å². The van der Waals surface area contributed by atoms with Gasteiger partial charge < -0.3 is 10.1 Å². The standard InChI is InChI=1S/C17H23N3O/c1-3-18-15(9-13-11-19-20(4-2)12-13)17-10-14-7-5-6-8-16(14)21-17/h5-8,11-12,15,17-18H,3-4,9-10H2,1-2H3. The average molecular weight is 285 g/mol. The van der Waals surface area contributed by atoms with Crippen LogP contribution in [0.1, 0.15) is 25.0 Å². The van der Waals surface area contributed by atoms with E-state index in [4.69, 9.17) is 4.74 Å². The first kappa shape index (κ1) is 14.1. The lowest BCUT2D eigenvalue weighted by atomic mass is 9.99. The lowest BCUT2D eigenvalue weighted by Gasteiger charge is -2.23. The van der Waals surface area contributed by atoms with Gasteiger partial charge in [0.2, 0.25) is 0 Å². The minimum atomic E-state index is 0.201. The Balaban J connectivity index is 1.70. The third-order valence-corrected chi connectivity index (χ3v) is 4.05. The van der Waals surface area contributed by atoms with E-state index in [1.165, 1.54) is 11.1 Å². The largest absolute Gasteiger partial charge is 0.488 e. The van der Waals surface area contributed by atoms with Crippen molar-refractivity contribution in [2.45, 2.75) is 45.4 Å². The molecule has 3 rings (SSSR count). The fraction of sp³-hybridized carbons (Fsp3) is 0.471. The smallest absolute Gasteiger partial charge is 0.123 e. The third-order valence-electron chi connectivity index (χ3n) is 4.05. The molecule has 1 N–H and O–H groups in total. The van der Waals surface area contributed by atoms with Crippen molar-refractivity contribution in [2.75, 3.05) is 6.54 Å². The predicted octanol–water partition coefficient (Wildman–Crippen LogP) is 2.43. The summed E-state index contributed by atoms with van der Waals surface area (Å²) in [5.74, 6) is 1.04. The van der Waals surface area contributed by atoms with Crippen LogP contribution in [0.5, 0.6) is 5.75 Å². The summed E-state index contributed by atoms with van der Waals surface area (Å²) in [6.07, 6.45) is 6.23. The molecule has 0 radical (unpaired) electrons. The molecule has 1 aliphatic rings. The number of aryl methyl sites for hydroxylation is 1. The van der Waals surface area contributed by atoms with E-state index in [1.807, 2.05) is 16.9 Å². The highest BCUT2D eigenvalue weighted by Gasteiger charge is 2.30. The van der Waals surface area contributed by atoms with Crippen LogP contribution in [-0.2, 0) is 19.4 Å². The van der Waals surface area contributed by atoms with Crippen molar-refractivity contribution in [3.05, 3.63) is 47.8 Å². The Bertz CT molecular complexity index is 568. The Hall–Kier alpha value is -1.81. The van der Waals surface area contributed by atoms with E-state index in [0.717, 1.165) is 31.7 Å². The Morgan fingerprint density at radius 1 is 1.38 bits per heavy atom. The van der Waals surface area contributed by atoms with E-state index in [-0.39, 0.29) is 6.10 Å². The fourth-order valence-electron chi connectivity index (χ4n) is 2.97. The van der Waals surface area contributed by atoms with Crippen LogP contribution < -0.4 is 10.1 Å². The van der Waals surface area contributed by atoms with Crippen LogP contribution in [0.2, 0.25) is 0 Å². The molecule has 0 saturated carbocycles. The first-order valence-electron chi connectivity index (χ1n) is 7.79. The number of likely N-dealkylation sites (N-methyl/N-ethyl adjacent to an activating group) is 1. The number of hydrogen-bond acceptors (Lipinski definition) is 3. The molecule has 0 aliphatic carbocycles. The molecule has 2 atom stereocenters. The van der Waals surface area contributed by atoms with Gasteiger partial charge in [-0.1, -0.05) is 25.1 Å². The summed E-state index contributed by atoms with van der Waals surface area (Å²) in [7, 11) is 0. The van der Waals surface area contributed by atoms with Crippen LogP contribution in [0.15, 0.2) is 36.7 Å². The van der Waals surface area contributed by atoms with Crippen molar-refractivity contribution in [1.82, 2.24) is 15.1 Å². The van der Waals surface area contributed by atoms with E-state index in [2.05, 4.69) is 48.7 Å². The minimum absolute atomic E-state index is 0.201. The van der Waals surface area contributed by atoms with E-state index in [1.54, 1.807) is 0 Å². The van der Waals surface area contributed by atoms with Crippen LogP contribution >= 0.6 is 0 Å². The van der Waals surface area contributed by atoms with Gasteiger partial charge in [-0.25, -0.2) is 0 Å². The lowest BCUT2D eigenvalue weighted by Crippen LogP contribution is -2.43. The summed E-state index contributed by atoms with van der Waals surface area (Å²) < 4.78 is 8.11. The molecule has 4 nitrogen and oxygen atoms in total. The number of fused-ring (bicyclic) bond motifs is 1. The molecule has 1 aromatic carbocycles. The number of aromatic nitrogens is 2. The fourth-order valence-corrected chi connectivity index (χ4v) is 2.97. The highest BCUT2D eigenvalue weighted by molar-refractivity contribution is 5.37. The van der Waals surface area contributed by atoms with Crippen molar-refractivity contribution in [3.8, 4) is 5.75 Å². The maximum absolute atomic E-state index is 6.14. The van der Waals surface area contributed by atoms with Gasteiger partial charge in [0.1, 0.15) is 11.9 Å². The molecule has 0 saturated heterocycles. The molecule has 1 aromatic heterocycles. The second kappa shape index (κ2) is 6.31. The number of nitrogens with one attached hydrogen (secondary N) is 1. The zero-order valence-corrected chi connectivity index (χ0v) is 12.7. The van der Waals surface area contributed by atoms with Gasteiger partial charge in [-0.2, -0.15) is 5.10 Å². The summed E-state index contributed by atoms with van der Waals surface area (Å²) in [6, 6.07) is 8.66. The van der Waals surface area contributed by atoms with Gasteiger partial charge in [-0.05, 0) is 37.1 Å². The second-order valence-corrected chi connectivity index (χ2v) is 5.54. The second-order valence-electron chi connectivity index (χ2n) is 5.54. The SMILES string of the molecule is CCNC(Cc1cnn(CC)c1)C1Cc2ccccc2O1. The Morgan fingerprint density at radius 3 is 2.95 bits per heavy atom. The average Bonchev–Trinajstić information content (AvgIpc) is 3.12. The molecule has 0 amide bonds. The van der Waals surface area contributed by atoms with Gasteiger partial charge in [-0.3, -0.25) is 4.68 Å². The highest BCUT2D eigenvalue weighted by Crippen LogP contribution is 2.30. The Kier molecular flexibility index (Phi) is 4.25. The molecule has 0 fully saturated rings. The maximum atomic E-state index is 6.14. The van der Waals surface area contributed by atoms with Gasteiger partial charge in [0.25, 0.3) is 0 Å². The molecule has 0 bridgehead atoms. The van der Waals surface area contributed by atoms with E-state index >= 15 is 0 Å². The summed E-state index contributed by atoms with van der Waals surface area (Å²) >= 11 is 0. The third kappa shape index (κ3) is 3.10. The van der Waals surface area contributed by atoms with E-state index in [0.29, 0.717) is 6.04 Å². The summed E-state index contributed by atoms with van der Waals surface area (Å²) in [6.45, 7) is 6.11. The number of nitrogens with zero attached hydrogens (tertiary/aromatic N) is 2. The van der Waals surface area contributed by atoms with Crippen molar-refractivity contribution < 1.29 is 4.74 Å². The van der Waals surface area contributed by atoms with Crippen molar-refractivity contribution in [1.29, 1.82) is 0 Å². The first-order valence-corrected chi connectivity index (χ1v) is 7.79. The highest BCUT2D eigenvalue weighted by atomic mass is 16.5. The van der Waals surface area contributed by atoms with Gasteiger partial charge in [-0.15, -0.1) is 0 Å². The molecule has 2 aromatic rings. The van der Waals surface area contributed by atoms with Crippen molar-refractivity contribution in [2.24, 2.45) is 0 Å². The van der Waals surface area contributed by atoms with Crippen LogP contribution in [0.25, 0.3) is 0 Å². The monoisotopic (exact) mass is 285 g/mol. The molecule has 21 heavy (non-hydrogen) atoms. The van der Waals surface area contributed by atoms with Crippen molar-refractivity contribution >= 4 is 0 Å². The quantitative estimate of drug-likeness (QED) is 0.886. The van der Waals surface area contributed by atoms with Crippen LogP contribution in [0.4, 0.5) is 0 Å². The zero-order chi connectivity index (χ0) is 14.7. The van der Waals surface area contributed by atoms with Crippen molar-refractivity contribution in [3.63, 3.8) is 0 Å². The molecule has 112 valence electrons. The first-order chi connectivity index (χ1) is 10.3. The molecule has 0 spiro atoms. The number of ether oxygens (including phenoxy) is 1. The van der Waals surface area contributed by atoms with Crippen LogP contribution in [0, 0.1) is 0 Å². The van der Waals surface area contributed by atoms with Gasteiger partial charge >= 0.3 is 0 Å². The summed E-state index contributed by atoms with van der Waals surface area (Å²) in [4.78, 5) is 0. The maximum Gasteiger partial charge on any atom is 0.123 e. The molecular weight excluding hydrogens is 262 g/mol. The molecule has 1 aliphatic heterocycles. The number of hydrogen-bond donors (Lipinski definition) is 1. The van der Waals surface area contributed by atoms with E-state index in [9.17, 15) is 0 Å². The molecule has 4 heteroatoms. The minimum Gasteiger partial charge on any atom is -0.488 e. The van der Waals surface area contributed by atoms with Crippen LogP contribution in [-0.4, -0.2) is 28.5 Å². The number of rotatable bonds is 6. The van der Waals surface area contributed by atoms with Gasteiger partial charge in [0.15, 0.2) is 0 Å². The summed E-state index contributed by atoms with van der Waals surface area (Å²) in [5.41, 5.74) is 2.58. The number of para-hydroxylation sites is 1. The zero-order valence-electron chi connectivity index (χ0n) is 12.7. The number of benzene rings is 1. The molecule has 2 heterocycles. The van der Waals surface area contributed by atoms with Crippen LogP contribution in [0.3, 0.4) is 0 Å². The van der Waals surface area contributed by atoms with E-state index < -0.39 is 0 Å². The topological polar surface area (TPSA) is 39.1 Å².